The van der Waals surface area contributed by atoms with E-state index in [1.54, 1.807) is 21.1 Å². The number of amides is 1. The van der Waals surface area contributed by atoms with Crippen molar-refractivity contribution in [1.82, 2.24) is 10.2 Å². The Hall–Kier alpha value is -1.65. The first-order chi connectivity index (χ1) is 6.09. The number of carbonyl (C=O) groups is 1. The van der Waals surface area contributed by atoms with Crippen molar-refractivity contribution >= 4 is 18.6 Å². The van der Waals surface area contributed by atoms with Crippen molar-refractivity contribution in [3.05, 3.63) is 12.3 Å². The molecule has 72 valence electrons. The minimum Gasteiger partial charge on any atom is -0.344 e. The predicted molar refractivity (Wildman–Crippen MR) is 53.9 cm³/mol. The van der Waals surface area contributed by atoms with Crippen LogP contribution in [-0.2, 0) is 4.79 Å². The van der Waals surface area contributed by atoms with E-state index < -0.39 is 0 Å². The lowest BCUT2D eigenvalue weighted by molar-refractivity contribution is -0.124. The van der Waals surface area contributed by atoms with Crippen LogP contribution in [0.25, 0.3) is 0 Å². The van der Waals surface area contributed by atoms with Gasteiger partial charge in [0.05, 0.1) is 12.0 Å². The molecule has 13 heavy (non-hydrogen) atoms. The van der Waals surface area contributed by atoms with E-state index in [0.29, 0.717) is 0 Å². The summed E-state index contributed by atoms with van der Waals surface area (Å²) in [5, 5.41) is 2.63. The van der Waals surface area contributed by atoms with Crippen molar-refractivity contribution in [2.75, 3.05) is 21.1 Å². The van der Waals surface area contributed by atoms with Crippen LogP contribution in [0.1, 0.15) is 0 Å². The van der Waals surface area contributed by atoms with Gasteiger partial charge in [0.1, 0.15) is 6.34 Å². The summed E-state index contributed by atoms with van der Waals surface area (Å²) in [6.07, 6.45) is 2.72. The molecule has 5 heteroatoms. The molecule has 0 aromatic heterocycles. The summed E-state index contributed by atoms with van der Waals surface area (Å²) >= 11 is 0. The zero-order valence-corrected chi connectivity index (χ0v) is 8.11. The summed E-state index contributed by atoms with van der Waals surface area (Å²) in [6.45, 7) is 3.54. The molecule has 0 rings (SSSR count). The first-order valence-electron chi connectivity index (χ1n) is 3.69. The number of likely N-dealkylation sites (N-methyl/N-ethyl adjacent to an activating group) is 1. The number of hydrogen-bond acceptors (Lipinski definition) is 2. The summed E-state index contributed by atoms with van der Waals surface area (Å²) in [4.78, 5) is 19.9. The fourth-order valence-electron chi connectivity index (χ4n) is 0.547. The number of aliphatic imine (C=N–C) groups is 2. The third kappa shape index (κ3) is 4.73. The number of rotatable bonds is 4. The third-order valence-corrected chi connectivity index (χ3v) is 1.16. The van der Waals surface area contributed by atoms with E-state index in [4.69, 9.17) is 0 Å². The van der Waals surface area contributed by atoms with Gasteiger partial charge in [0.2, 0.25) is 0 Å². The van der Waals surface area contributed by atoms with Crippen molar-refractivity contribution in [1.29, 1.82) is 0 Å². The molecule has 0 aliphatic rings. The van der Waals surface area contributed by atoms with Crippen LogP contribution in [0.3, 0.4) is 0 Å². The second-order valence-electron chi connectivity index (χ2n) is 2.47. The minimum absolute atomic E-state index is 0.181. The standard InChI is InChI=1S/C8H14N4O/c1-7(8(13)12(3)4)11-6-10-5-9-2/h5-6H,1H2,2-4H3,(H,9,10,11). The molecule has 1 N–H and O–H groups in total. The average Bonchev–Trinajstić information content (AvgIpc) is 2.10. The van der Waals surface area contributed by atoms with Gasteiger partial charge in [0.15, 0.2) is 0 Å². The molecule has 0 heterocycles. The molecule has 0 aliphatic heterocycles. The van der Waals surface area contributed by atoms with Gasteiger partial charge >= 0.3 is 0 Å². The Kier molecular flexibility index (Phi) is 5.18. The maximum Gasteiger partial charge on any atom is 0.269 e. The summed E-state index contributed by atoms with van der Waals surface area (Å²) in [6, 6.07) is 0. The molecule has 0 bridgehead atoms. The van der Waals surface area contributed by atoms with Gasteiger partial charge in [0, 0.05) is 21.1 Å². The van der Waals surface area contributed by atoms with Crippen LogP contribution in [0, 0.1) is 0 Å². The Morgan fingerprint density at radius 2 is 2.15 bits per heavy atom. The summed E-state index contributed by atoms with van der Waals surface area (Å²) in [5.41, 5.74) is 0.276. The minimum atomic E-state index is -0.181. The van der Waals surface area contributed by atoms with E-state index in [9.17, 15) is 4.79 Å². The highest BCUT2D eigenvalue weighted by molar-refractivity contribution is 5.94. The SMILES string of the molecule is C=C(NC=NC=NC)C(=O)N(C)C. The van der Waals surface area contributed by atoms with Crippen molar-refractivity contribution < 1.29 is 4.79 Å². The van der Waals surface area contributed by atoms with Gasteiger partial charge in [0.25, 0.3) is 5.91 Å². The fourth-order valence-corrected chi connectivity index (χ4v) is 0.547. The molecule has 0 saturated heterocycles. The quantitative estimate of drug-likeness (QED) is 0.374. The molecule has 0 spiro atoms. The van der Waals surface area contributed by atoms with Crippen LogP contribution in [0.4, 0.5) is 0 Å². The smallest absolute Gasteiger partial charge is 0.269 e. The van der Waals surface area contributed by atoms with Gasteiger partial charge in [-0.15, -0.1) is 0 Å². The van der Waals surface area contributed by atoms with Crippen LogP contribution in [0.2, 0.25) is 0 Å². The molecule has 0 unspecified atom stereocenters. The number of hydrogen-bond donors (Lipinski definition) is 1. The van der Waals surface area contributed by atoms with E-state index >= 15 is 0 Å². The molecule has 0 aromatic rings. The Balaban J connectivity index is 3.95. The number of nitrogens with zero attached hydrogens (tertiary/aromatic N) is 3. The highest BCUT2D eigenvalue weighted by atomic mass is 16.2. The van der Waals surface area contributed by atoms with E-state index in [-0.39, 0.29) is 11.6 Å². The van der Waals surface area contributed by atoms with Crippen LogP contribution in [0.15, 0.2) is 22.3 Å². The van der Waals surface area contributed by atoms with Gasteiger partial charge in [-0.05, 0) is 0 Å². The lowest BCUT2D eigenvalue weighted by Crippen LogP contribution is -2.29. The van der Waals surface area contributed by atoms with Crippen molar-refractivity contribution in [2.45, 2.75) is 0 Å². The lowest BCUT2D eigenvalue weighted by Gasteiger charge is -2.11. The maximum atomic E-state index is 11.2. The van der Waals surface area contributed by atoms with Gasteiger partial charge in [-0.1, -0.05) is 6.58 Å². The predicted octanol–water partition coefficient (Wildman–Crippen LogP) is -0.136. The van der Waals surface area contributed by atoms with E-state index in [0.717, 1.165) is 0 Å². The first kappa shape index (κ1) is 11.4. The number of nitrogens with one attached hydrogen (secondary N) is 1. The van der Waals surface area contributed by atoms with Gasteiger partial charge in [-0.25, -0.2) is 4.99 Å². The van der Waals surface area contributed by atoms with Crippen LogP contribution in [0.5, 0.6) is 0 Å². The highest BCUT2D eigenvalue weighted by Gasteiger charge is 2.06. The van der Waals surface area contributed by atoms with Crippen LogP contribution >= 0.6 is 0 Å². The summed E-state index contributed by atoms with van der Waals surface area (Å²) in [5.74, 6) is -0.181. The molecule has 1 amide bonds. The normalized spacial score (nSPS) is 10.7. The molecule has 0 saturated carbocycles. The Bertz CT molecular complexity index is 243. The van der Waals surface area contributed by atoms with Gasteiger partial charge in [-0.3, -0.25) is 9.79 Å². The Labute approximate surface area is 77.9 Å². The highest BCUT2D eigenvalue weighted by Crippen LogP contribution is 1.88. The van der Waals surface area contributed by atoms with E-state index in [1.807, 2.05) is 0 Å². The Morgan fingerprint density at radius 3 is 2.62 bits per heavy atom. The monoisotopic (exact) mass is 182 g/mol. The maximum absolute atomic E-state index is 11.2. The molecule has 5 nitrogen and oxygen atoms in total. The second-order valence-corrected chi connectivity index (χ2v) is 2.47. The topological polar surface area (TPSA) is 57.1 Å². The largest absolute Gasteiger partial charge is 0.344 e. The third-order valence-electron chi connectivity index (χ3n) is 1.16. The zero-order chi connectivity index (χ0) is 10.3. The van der Waals surface area contributed by atoms with Crippen molar-refractivity contribution in [3.63, 3.8) is 0 Å². The molecule has 0 fully saturated rings. The average molecular weight is 182 g/mol. The fraction of sp³-hybridized carbons (Fsp3) is 0.375. The molecule has 0 atom stereocenters. The summed E-state index contributed by atoms with van der Waals surface area (Å²) < 4.78 is 0. The zero-order valence-electron chi connectivity index (χ0n) is 8.11. The Morgan fingerprint density at radius 1 is 1.54 bits per heavy atom. The number of carbonyl (C=O) groups excluding carboxylic acids is 1. The second kappa shape index (κ2) is 5.93. The van der Waals surface area contributed by atoms with Gasteiger partial charge < -0.3 is 10.2 Å². The molecular weight excluding hydrogens is 168 g/mol. The first-order valence-corrected chi connectivity index (χ1v) is 3.69. The van der Waals surface area contributed by atoms with Crippen LogP contribution < -0.4 is 5.32 Å². The lowest BCUT2D eigenvalue weighted by atomic mass is 10.4. The van der Waals surface area contributed by atoms with Crippen molar-refractivity contribution in [2.24, 2.45) is 9.98 Å². The van der Waals surface area contributed by atoms with Gasteiger partial charge in [-0.2, -0.15) is 0 Å². The van der Waals surface area contributed by atoms with Crippen LogP contribution in [-0.4, -0.2) is 44.6 Å². The van der Waals surface area contributed by atoms with Crippen molar-refractivity contribution in [3.8, 4) is 0 Å². The van der Waals surface area contributed by atoms with E-state index in [1.165, 1.54) is 17.6 Å². The molecule has 0 aromatic carbocycles. The molecular formula is C8H14N4O. The van der Waals surface area contributed by atoms with E-state index in [2.05, 4.69) is 21.9 Å². The summed E-state index contributed by atoms with van der Waals surface area (Å²) in [7, 11) is 4.91. The molecule has 0 radical (unpaired) electrons. The molecule has 0 aliphatic carbocycles.